The summed E-state index contributed by atoms with van der Waals surface area (Å²) in [6.07, 6.45) is 3.23. The van der Waals surface area contributed by atoms with Gasteiger partial charge in [0.1, 0.15) is 11.7 Å². The molecular formula is C23H27N5O2. The topological polar surface area (TPSA) is 102 Å². The van der Waals surface area contributed by atoms with Gasteiger partial charge in [-0.25, -0.2) is 0 Å². The smallest absolute Gasteiger partial charge is 0.258 e. The van der Waals surface area contributed by atoms with Crippen molar-refractivity contribution in [2.75, 3.05) is 16.8 Å². The number of hydrogen-bond donors (Lipinski definition) is 2. The molecule has 4 rings (SSSR count). The van der Waals surface area contributed by atoms with Gasteiger partial charge in [0.2, 0.25) is 11.9 Å². The Hall–Kier alpha value is -3.14. The first-order chi connectivity index (χ1) is 14.4. The number of carbonyl (C=O) groups excluding carboxylic acids is 1. The number of nitrogens with zero attached hydrogens (tertiary/aromatic N) is 3. The summed E-state index contributed by atoms with van der Waals surface area (Å²) in [5.41, 5.74) is 1.99. The molecule has 7 nitrogen and oxygen atoms in total. The Bertz CT molecular complexity index is 1050. The van der Waals surface area contributed by atoms with E-state index in [1.807, 2.05) is 24.3 Å². The molecule has 1 amide bonds. The van der Waals surface area contributed by atoms with E-state index in [4.69, 9.17) is 0 Å². The van der Waals surface area contributed by atoms with Gasteiger partial charge in [0, 0.05) is 18.5 Å². The average Bonchev–Trinajstić information content (AvgIpc) is 2.73. The first kappa shape index (κ1) is 20.1. The number of nitriles is 1. The molecule has 1 fully saturated rings. The van der Waals surface area contributed by atoms with Crippen LogP contribution in [0.1, 0.15) is 68.6 Å². The minimum Gasteiger partial charge on any atom is -0.340 e. The zero-order valence-corrected chi connectivity index (χ0v) is 17.6. The number of carbonyl (C=O) groups is 1. The zero-order chi connectivity index (χ0) is 21.4. The normalized spacial score (nSPS) is 23.6. The van der Waals surface area contributed by atoms with Gasteiger partial charge >= 0.3 is 0 Å². The van der Waals surface area contributed by atoms with Gasteiger partial charge in [0.15, 0.2) is 0 Å². The third-order valence-corrected chi connectivity index (χ3v) is 6.29. The largest absolute Gasteiger partial charge is 0.340 e. The van der Waals surface area contributed by atoms with Gasteiger partial charge in [0.25, 0.3) is 5.56 Å². The van der Waals surface area contributed by atoms with Gasteiger partial charge in [-0.1, -0.05) is 38.1 Å². The first-order valence-electron chi connectivity index (χ1n) is 10.6. The van der Waals surface area contributed by atoms with Crippen LogP contribution < -0.4 is 15.8 Å². The van der Waals surface area contributed by atoms with Crippen LogP contribution >= 0.6 is 0 Å². The summed E-state index contributed by atoms with van der Waals surface area (Å²) in [6, 6.07) is 10.2. The van der Waals surface area contributed by atoms with Crippen molar-refractivity contribution in [3.05, 3.63) is 51.3 Å². The summed E-state index contributed by atoms with van der Waals surface area (Å²) in [6.45, 7) is 7.14. The van der Waals surface area contributed by atoms with Crippen LogP contribution in [-0.4, -0.2) is 28.5 Å². The number of hydrogen-bond acceptors (Lipinski definition) is 5. The molecule has 0 saturated carbocycles. The lowest BCUT2D eigenvalue weighted by Crippen LogP contribution is -2.42. The molecule has 2 N–H and O–H groups in total. The first-order valence-corrected chi connectivity index (χ1v) is 10.6. The van der Waals surface area contributed by atoms with E-state index in [-0.39, 0.29) is 17.4 Å². The number of aromatic nitrogens is 2. The van der Waals surface area contributed by atoms with Crippen LogP contribution in [-0.2, 0) is 4.79 Å². The van der Waals surface area contributed by atoms with Gasteiger partial charge in [-0.3, -0.25) is 14.6 Å². The predicted molar refractivity (Wildman–Crippen MR) is 116 cm³/mol. The van der Waals surface area contributed by atoms with Crippen LogP contribution in [0.15, 0.2) is 29.1 Å². The van der Waals surface area contributed by atoms with Gasteiger partial charge < -0.3 is 10.2 Å². The van der Waals surface area contributed by atoms with Crippen molar-refractivity contribution in [3.8, 4) is 6.07 Å². The third kappa shape index (κ3) is 3.47. The van der Waals surface area contributed by atoms with E-state index in [1.54, 1.807) is 0 Å². The van der Waals surface area contributed by atoms with Crippen LogP contribution in [0.3, 0.4) is 0 Å². The molecule has 3 atom stereocenters. The molecule has 1 saturated heterocycles. The number of amides is 1. The van der Waals surface area contributed by atoms with Gasteiger partial charge in [0.05, 0.1) is 11.6 Å². The van der Waals surface area contributed by atoms with Crippen molar-refractivity contribution in [2.24, 2.45) is 5.92 Å². The van der Waals surface area contributed by atoms with E-state index in [1.165, 1.54) is 0 Å². The van der Waals surface area contributed by atoms with Gasteiger partial charge in [-0.05, 0) is 43.2 Å². The Morgan fingerprint density at radius 3 is 2.57 bits per heavy atom. The average molecular weight is 406 g/mol. The Kier molecular flexibility index (Phi) is 5.33. The highest BCUT2D eigenvalue weighted by Gasteiger charge is 2.40. The fraction of sp³-hybridized carbons (Fsp3) is 0.478. The van der Waals surface area contributed by atoms with Crippen molar-refractivity contribution in [1.82, 2.24) is 9.97 Å². The molecule has 1 aromatic carbocycles. The van der Waals surface area contributed by atoms with Crippen LogP contribution in [0.25, 0.3) is 0 Å². The third-order valence-electron chi connectivity index (χ3n) is 6.29. The molecule has 2 aromatic rings. The monoisotopic (exact) mass is 405 g/mol. The number of nitrogens with one attached hydrogen (secondary N) is 2. The molecule has 0 radical (unpaired) electrons. The second-order valence-electron chi connectivity index (χ2n) is 8.59. The zero-order valence-electron chi connectivity index (χ0n) is 17.6. The number of piperidine rings is 1. The second kappa shape index (κ2) is 7.94. The molecule has 7 heteroatoms. The highest BCUT2D eigenvalue weighted by molar-refractivity contribution is 5.98. The Morgan fingerprint density at radius 1 is 1.20 bits per heavy atom. The summed E-state index contributed by atoms with van der Waals surface area (Å²) in [4.78, 5) is 35.5. The Balaban J connectivity index is 1.81. The summed E-state index contributed by atoms with van der Waals surface area (Å²) in [7, 11) is 0. The highest BCUT2D eigenvalue weighted by atomic mass is 16.2. The molecule has 3 heterocycles. The van der Waals surface area contributed by atoms with Crippen molar-refractivity contribution < 1.29 is 4.79 Å². The Labute approximate surface area is 176 Å². The van der Waals surface area contributed by atoms with E-state index in [2.05, 4.69) is 47.0 Å². The molecule has 30 heavy (non-hydrogen) atoms. The summed E-state index contributed by atoms with van der Waals surface area (Å²) in [5, 5.41) is 12.4. The van der Waals surface area contributed by atoms with Crippen LogP contribution in [0.5, 0.6) is 0 Å². The van der Waals surface area contributed by atoms with Crippen molar-refractivity contribution in [1.29, 1.82) is 5.26 Å². The number of H-pyrrole nitrogens is 1. The molecule has 3 unspecified atom stereocenters. The number of rotatable bonds is 3. The molecule has 0 spiro atoms. The lowest BCUT2D eigenvalue weighted by molar-refractivity contribution is -0.119. The molecule has 1 aromatic heterocycles. The van der Waals surface area contributed by atoms with E-state index in [0.717, 1.165) is 36.9 Å². The van der Waals surface area contributed by atoms with Gasteiger partial charge in [-0.15, -0.1) is 0 Å². The predicted octanol–water partition coefficient (Wildman–Crippen LogP) is 3.50. The number of benzene rings is 1. The minimum absolute atomic E-state index is 0.265. The fourth-order valence-corrected chi connectivity index (χ4v) is 4.50. The maximum absolute atomic E-state index is 13.2. The van der Waals surface area contributed by atoms with Gasteiger partial charge in [-0.2, -0.15) is 10.2 Å². The quantitative estimate of drug-likeness (QED) is 0.814. The lowest BCUT2D eigenvalue weighted by atomic mass is 9.79. The number of fused-ring (bicyclic) bond motifs is 1. The fourth-order valence-electron chi connectivity index (χ4n) is 4.50. The van der Waals surface area contributed by atoms with E-state index in [9.17, 15) is 14.9 Å². The van der Waals surface area contributed by atoms with Crippen molar-refractivity contribution >= 4 is 17.7 Å². The second-order valence-corrected chi connectivity index (χ2v) is 8.59. The van der Waals surface area contributed by atoms with E-state index < -0.39 is 17.7 Å². The lowest BCUT2D eigenvalue weighted by Gasteiger charge is -2.35. The molecule has 156 valence electrons. The standard InChI is InChI=1S/C23H27N5O2/c1-13(2)15-7-9-16(10-8-15)18-17(12-24)21(29)25-20-19(18)22(30)27-23(26-20)28-11-5-4-6-14(28)3/h7-10,13-14,17-18H,4-6,11H2,1-3H3,(H2,25,26,27,29,30). The molecule has 2 aliphatic rings. The van der Waals surface area contributed by atoms with E-state index in [0.29, 0.717) is 17.4 Å². The SMILES string of the molecule is CC(C)c1ccc(C2c3c(nc(N4CCCCC4C)[nH]c3=O)NC(=O)C2C#N)cc1. The molecule has 0 bridgehead atoms. The van der Waals surface area contributed by atoms with E-state index >= 15 is 0 Å². The number of aromatic amines is 1. The summed E-state index contributed by atoms with van der Waals surface area (Å²) in [5.74, 6) is -0.934. The number of anilines is 2. The Morgan fingerprint density at radius 2 is 1.93 bits per heavy atom. The van der Waals surface area contributed by atoms with Crippen molar-refractivity contribution in [2.45, 2.75) is 57.9 Å². The van der Waals surface area contributed by atoms with Crippen LogP contribution in [0.4, 0.5) is 11.8 Å². The summed E-state index contributed by atoms with van der Waals surface area (Å²) < 4.78 is 0. The highest BCUT2D eigenvalue weighted by Crippen LogP contribution is 2.38. The van der Waals surface area contributed by atoms with Crippen LogP contribution in [0, 0.1) is 17.2 Å². The molecule has 2 aliphatic heterocycles. The molecule has 0 aliphatic carbocycles. The minimum atomic E-state index is -0.981. The maximum Gasteiger partial charge on any atom is 0.258 e. The van der Waals surface area contributed by atoms with Crippen LogP contribution in [0.2, 0.25) is 0 Å². The molecular weight excluding hydrogens is 378 g/mol. The maximum atomic E-state index is 13.2. The van der Waals surface area contributed by atoms with Crippen molar-refractivity contribution in [3.63, 3.8) is 0 Å². The summed E-state index contributed by atoms with van der Waals surface area (Å²) >= 11 is 0.